The number of hydrogen-bond donors (Lipinski definition) is 4. The first-order valence-electron chi connectivity index (χ1n) is 10.1. The standard InChI is InChI=1S/C21H21N5O3S2/c1-10(27)19(28)22-8-11-2-4-13-15(6-11)30-20-17(13)18(23-9-24-20)25-12-3-5-14-16(7-12)31-21(29)26-14/h3,5,7,9-11,27H,2,4,6,8H2,1H3,(H,22,28)(H,26,29)(H,23,24,25)/t10?,11-/m1/s1. The van der Waals surface area contributed by atoms with Gasteiger partial charge in [-0.15, -0.1) is 11.3 Å². The van der Waals surface area contributed by atoms with Gasteiger partial charge in [0.25, 0.3) is 0 Å². The van der Waals surface area contributed by atoms with Crippen molar-refractivity contribution < 1.29 is 9.90 Å². The Morgan fingerprint density at radius 2 is 2.23 bits per heavy atom. The predicted octanol–water partition coefficient (Wildman–Crippen LogP) is 2.94. The van der Waals surface area contributed by atoms with E-state index in [0.717, 1.165) is 51.2 Å². The zero-order valence-corrected chi connectivity index (χ0v) is 18.4. The Morgan fingerprint density at radius 3 is 3.06 bits per heavy atom. The van der Waals surface area contributed by atoms with E-state index >= 15 is 0 Å². The second-order valence-electron chi connectivity index (χ2n) is 7.79. The number of nitrogens with zero attached hydrogens (tertiary/aromatic N) is 2. The van der Waals surface area contributed by atoms with Crippen LogP contribution in [-0.2, 0) is 17.6 Å². The highest BCUT2D eigenvalue weighted by molar-refractivity contribution is 7.19. The summed E-state index contributed by atoms with van der Waals surface area (Å²) in [6.45, 7) is 2.04. The summed E-state index contributed by atoms with van der Waals surface area (Å²) in [6, 6.07) is 5.77. The number of fused-ring (bicyclic) bond motifs is 4. The molecule has 1 amide bonds. The maximum atomic E-state index is 11.7. The van der Waals surface area contributed by atoms with Gasteiger partial charge in [-0.1, -0.05) is 11.3 Å². The number of hydrogen-bond acceptors (Lipinski definition) is 8. The Hall–Kier alpha value is -2.82. The smallest absolute Gasteiger partial charge is 0.305 e. The first-order chi connectivity index (χ1) is 15.0. The van der Waals surface area contributed by atoms with Gasteiger partial charge in [0.2, 0.25) is 5.91 Å². The lowest BCUT2D eigenvalue weighted by molar-refractivity contribution is -0.128. The molecule has 0 saturated carbocycles. The van der Waals surface area contributed by atoms with Crippen LogP contribution in [0, 0.1) is 5.92 Å². The van der Waals surface area contributed by atoms with Gasteiger partial charge in [-0.2, -0.15) is 0 Å². The third kappa shape index (κ3) is 3.93. The summed E-state index contributed by atoms with van der Waals surface area (Å²) in [5.74, 6) is 0.779. The van der Waals surface area contributed by atoms with Gasteiger partial charge in [-0.3, -0.25) is 9.59 Å². The molecule has 0 spiro atoms. The van der Waals surface area contributed by atoms with E-state index in [-0.39, 0.29) is 10.8 Å². The number of nitrogens with one attached hydrogen (secondary N) is 3. The molecule has 1 aliphatic carbocycles. The molecule has 1 aliphatic rings. The van der Waals surface area contributed by atoms with Gasteiger partial charge < -0.3 is 20.7 Å². The minimum Gasteiger partial charge on any atom is -0.384 e. The molecule has 4 aromatic rings. The molecular weight excluding hydrogens is 434 g/mol. The summed E-state index contributed by atoms with van der Waals surface area (Å²) in [5, 5.41) is 16.7. The number of aliphatic hydroxyl groups is 1. The average molecular weight is 456 g/mol. The monoisotopic (exact) mass is 455 g/mol. The van der Waals surface area contributed by atoms with Gasteiger partial charge >= 0.3 is 4.87 Å². The molecule has 0 radical (unpaired) electrons. The van der Waals surface area contributed by atoms with Crippen LogP contribution in [0.5, 0.6) is 0 Å². The number of benzene rings is 1. The van der Waals surface area contributed by atoms with E-state index in [1.165, 1.54) is 28.7 Å². The SMILES string of the molecule is CC(O)C(=O)NC[C@@H]1CCc2c(sc3ncnc(Nc4ccc5[nH]c(=O)sc5c4)c23)C1. The fraction of sp³-hybridized carbons (Fsp3) is 0.333. The molecule has 31 heavy (non-hydrogen) atoms. The number of carbonyl (C=O) groups is 1. The van der Waals surface area contributed by atoms with E-state index in [2.05, 4.69) is 25.6 Å². The lowest BCUT2D eigenvalue weighted by Gasteiger charge is -2.23. The molecule has 0 fully saturated rings. The van der Waals surface area contributed by atoms with Crippen molar-refractivity contribution in [3.63, 3.8) is 0 Å². The Balaban J connectivity index is 1.41. The lowest BCUT2D eigenvalue weighted by atomic mass is 9.87. The van der Waals surface area contributed by atoms with Crippen LogP contribution in [-0.4, -0.2) is 38.6 Å². The van der Waals surface area contributed by atoms with Gasteiger partial charge in [0.1, 0.15) is 23.1 Å². The van der Waals surface area contributed by atoms with Crippen molar-refractivity contribution in [1.82, 2.24) is 20.3 Å². The molecule has 5 rings (SSSR count). The Bertz CT molecular complexity index is 1340. The molecule has 3 heterocycles. The number of aromatic amines is 1. The maximum Gasteiger partial charge on any atom is 0.305 e. The number of carbonyl (C=O) groups excluding carboxylic acids is 1. The fourth-order valence-electron chi connectivity index (χ4n) is 4.00. The quantitative estimate of drug-likeness (QED) is 0.367. The third-order valence-electron chi connectivity index (χ3n) is 5.58. The number of amides is 1. The van der Waals surface area contributed by atoms with Gasteiger partial charge in [-0.05, 0) is 55.9 Å². The number of rotatable bonds is 5. The zero-order chi connectivity index (χ0) is 21.5. The van der Waals surface area contributed by atoms with Gasteiger partial charge in [0, 0.05) is 17.1 Å². The third-order valence-corrected chi connectivity index (χ3v) is 7.58. The lowest BCUT2D eigenvalue weighted by Crippen LogP contribution is -2.37. The molecule has 0 bridgehead atoms. The van der Waals surface area contributed by atoms with Gasteiger partial charge in [0.15, 0.2) is 0 Å². The van der Waals surface area contributed by atoms with E-state index in [0.29, 0.717) is 12.5 Å². The second kappa shape index (κ2) is 8.03. The normalized spacial score (nSPS) is 16.9. The number of aryl methyl sites for hydroxylation is 1. The minimum atomic E-state index is -0.987. The second-order valence-corrected chi connectivity index (χ2v) is 9.88. The fourth-order valence-corrected chi connectivity index (χ4v) is 6.08. The molecule has 10 heteroatoms. The van der Waals surface area contributed by atoms with Crippen molar-refractivity contribution >= 4 is 60.5 Å². The molecule has 4 N–H and O–H groups in total. The molecule has 160 valence electrons. The summed E-state index contributed by atoms with van der Waals surface area (Å²) < 4.78 is 0.898. The van der Waals surface area contributed by atoms with Crippen molar-refractivity contribution in [2.75, 3.05) is 11.9 Å². The number of aromatic nitrogens is 3. The van der Waals surface area contributed by atoms with E-state index in [1.807, 2.05) is 18.2 Å². The van der Waals surface area contributed by atoms with Crippen LogP contribution in [0.1, 0.15) is 23.8 Å². The van der Waals surface area contributed by atoms with Crippen molar-refractivity contribution in [3.05, 3.63) is 44.6 Å². The molecule has 8 nitrogen and oxygen atoms in total. The highest BCUT2D eigenvalue weighted by Gasteiger charge is 2.26. The number of aliphatic hydroxyl groups excluding tert-OH is 1. The summed E-state index contributed by atoms with van der Waals surface area (Å²) in [6.07, 6.45) is 3.31. The van der Waals surface area contributed by atoms with Crippen molar-refractivity contribution in [1.29, 1.82) is 0 Å². The highest BCUT2D eigenvalue weighted by atomic mass is 32.1. The average Bonchev–Trinajstić information content (AvgIpc) is 3.30. The summed E-state index contributed by atoms with van der Waals surface area (Å²) in [5.41, 5.74) is 2.97. The molecule has 0 saturated heterocycles. The van der Waals surface area contributed by atoms with Crippen LogP contribution in [0.15, 0.2) is 29.3 Å². The van der Waals surface area contributed by atoms with Crippen LogP contribution in [0.25, 0.3) is 20.4 Å². The van der Waals surface area contributed by atoms with E-state index in [4.69, 9.17) is 0 Å². The van der Waals surface area contributed by atoms with Crippen LogP contribution >= 0.6 is 22.7 Å². The zero-order valence-electron chi connectivity index (χ0n) is 16.8. The van der Waals surface area contributed by atoms with E-state index in [9.17, 15) is 14.7 Å². The summed E-state index contributed by atoms with van der Waals surface area (Å²) >= 11 is 2.86. The van der Waals surface area contributed by atoms with Crippen LogP contribution < -0.4 is 15.5 Å². The number of anilines is 2. The van der Waals surface area contributed by atoms with E-state index < -0.39 is 6.10 Å². The highest BCUT2D eigenvalue weighted by Crippen LogP contribution is 2.40. The Kier molecular flexibility index (Phi) is 5.20. The van der Waals surface area contributed by atoms with Gasteiger partial charge in [0.05, 0.1) is 15.6 Å². The molecular formula is C21H21N5O3S2. The Morgan fingerprint density at radius 1 is 1.35 bits per heavy atom. The first-order valence-corrected chi connectivity index (χ1v) is 11.7. The van der Waals surface area contributed by atoms with Crippen molar-refractivity contribution in [2.45, 2.75) is 32.3 Å². The van der Waals surface area contributed by atoms with Crippen molar-refractivity contribution in [3.8, 4) is 0 Å². The number of thiazole rings is 1. The van der Waals surface area contributed by atoms with Crippen LogP contribution in [0.3, 0.4) is 0 Å². The molecule has 2 atom stereocenters. The van der Waals surface area contributed by atoms with Crippen molar-refractivity contribution in [2.24, 2.45) is 5.92 Å². The molecule has 1 unspecified atom stereocenters. The number of H-pyrrole nitrogens is 1. The largest absolute Gasteiger partial charge is 0.384 e. The van der Waals surface area contributed by atoms with E-state index in [1.54, 1.807) is 17.7 Å². The Labute approximate surface area is 185 Å². The first kappa shape index (κ1) is 20.1. The predicted molar refractivity (Wildman–Crippen MR) is 123 cm³/mol. The van der Waals surface area contributed by atoms with Crippen LogP contribution in [0.2, 0.25) is 0 Å². The van der Waals surface area contributed by atoms with Gasteiger partial charge in [-0.25, -0.2) is 9.97 Å². The maximum absolute atomic E-state index is 11.7. The molecule has 1 aromatic carbocycles. The minimum absolute atomic E-state index is 0.0670. The topological polar surface area (TPSA) is 120 Å². The number of thiophene rings is 1. The van der Waals surface area contributed by atoms with Crippen LogP contribution in [0.4, 0.5) is 11.5 Å². The summed E-state index contributed by atoms with van der Waals surface area (Å²) in [4.78, 5) is 37.2. The molecule has 3 aromatic heterocycles. The molecule has 0 aliphatic heterocycles. The summed E-state index contributed by atoms with van der Waals surface area (Å²) in [7, 11) is 0.